The lowest BCUT2D eigenvalue weighted by atomic mass is 10.1. The van der Waals surface area contributed by atoms with Gasteiger partial charge in [0.2, 0.25) is 11.8 Å². The fourth-order valence-electron chi connectivity index (χ4n) is 2.74. The van der Waals surface area contributed by atoms with Crippen LogP contribution in [0, 0.1) is 0 Å². The van der Waals surface area contributed by atoms with E-state index in [9.17, 15) is 19.2 Å². The van der Waals surface area contributed by atoms with E-state index >= 15 is 0 Å². The fourth-order valence-corrected chi connectivity index (χ4v) is 2.74. The summed E-state index contributed by atoms with van der Waals surface area (Å²) in [6.45, 7) is 1.27. The zero-order chi connectivity index (χ0) is 14.4. The number of amides is 4. The van der Waals surface area contributed by atoms with Gasteiger partial charge in [-0.05, 0) is 18.6 Å². The molecular weight excluding hydrogens is 260 g/mol. The molecule has 6 nitrogen and oxygen atoms in total. The van der Waals surface area contributed by atoms with E-state index in [1.54, 1.807) is 18.2 Å². The number of imide groups is 2. The van der Waals surface area contributed by atoms with Gasteiger partial charge in [-0.15, -0.1) is 0 Å². The van der Waals surface area contributed by atoms with E-state index in [0.717, 1.165) is 9.80 Å². The van der Waals surface area contributed by atoms with Crippen LogP contribution in [-0.2, 0) is 14.4 Å². The SMILES string of the molecule is CC(=O)N1C(=O)C2CCC(=O)N2C(=O)c2ccccc21. The van der Waals surface area contributed by atoms with E-state index in [2.05, 4.69) is 0 Å². The molecule has 0 bridgehead atoms. The number of carbonyl (C=O) groups is 4. The first kappa shape index (κ1) is 12.5. The van der Waals surface area contributed by atoms with Crippen molar-refractivity contribution < 1.29 is 19.2 Å². The summed E-state index contributed by atoms with van der Waals surface area (Å²) in [4.78, 5) is 50.6. The van der Waals surface area contributed by atoms with Crippen LogP contribution in [-0.4, -0.2) is 34.6 Å². The van der Waals surface area contributed by atoms with Crippen molar-refractivity contribution in [1.82, 2.24) is 4.90 Å². The molecule has 20 heavy (non-hydrogen) atoms. The quantitative estimate of drug-likeness (QED) is 0.652. The number of fused-ring (bicyclic) bond motifs is 2. The molecule has 4 amide bonds. The molecule has 2 heterocycles. The van der Waals surface area contributed by atoms with E-state index < -0.39 is 23.8 Å². The van der Waals surface area contributed by atoms with Crippen LogP contribution in [0.2, 0.25) is 0 Å². The molecule has 0 saturated carbocycles. The Balaban J connectivity index is 2.24. The van der Waals surface area contributed by atoms with Gasteiger partial charge in [-0.1, -0.05) is 12.1 Å². The van der Waals surface area contributed by atoms with Crippen LogP contribution in [0.4, 0.5) is 5.69 Å². The van der Waals surface area contributed by atoms with Gasteiger partial charge in [0, 0.05) is 13.3 Å². The van der Waals surface area contributed by atoms with Crippen molar-refractivity contribution in [3.05, 3.63) is 29.8 Å². The molecule has 1 saturated heterocycles. The lowest BCUT2D eigenvalue weighted by molar-refractivity contribution is -0.133. The first-order chi connectivity index (χ1) is 9.52. The summed E-state index contributed by atoms with van der Waals surface area (Å²) < 4.78 is 0. The molecule has 0 N–H and O–H groups in total. The molecule has 1 atom stereocenters. The molecule has 1 aromatic carbocycles. The zero-order valence-corrected chi connectivity index (χ0v) is 10.8. The monoisotopic (exact) mass is 272 g/mol. The minimum atomic E-state index is -0.869. The van der Waals surface area contributed by atoms with Gasteiger partial charge >= 0.3 is 0 Å². The number of hydrogen-bond acceptors (Lipinski definition) is 4. The predicted octanol–water partition coefficient (Wildman–Crippen LogP) is 0.711. The summed E-state index contributed by atoms with van der Waals surface area (Å²) in [5.41, 5.74) is 0.450. The first-order valence-corrected chi connectivity index (χ1v) is 6.32. The standard InChI is InChI=1S/C14H12N2O4/c1-8(17)15-10-5-3-2-4-9(10)13(19)16-11(14(15)20)6-7-12(16)18/h2-5,11H,6-7H2,1H3. The van der Waals surface area contributed by atoms with Gasteiger partial charge in [-0.25, -0.2) is 4.90 Å². The first-order valence-electron chi connectivity index (χ1n) is 6.32. The van der Waals surface area contributed by atoms with Crippen molar-refractivity contribution in [3.63, 3.8) is 0 Å². The summed E-state index contributed by atoms with van der Waals surface area (Å²) in [6, 6.07) is 5.48. The van der Waals surface area contributed by atoms with Gasteiger partial charge in [0.25, 0.3) is 11.8 Å². The summed E-state index contributed by atoms with van der Waals surface area (Å²) in [6.07, 6.45) is 0.414. The lowest BCUT2D eigenvalue weighted by Gasteiger charge is -2.22. The summed E-state index contributed by atoms with van der Waals surface area (Å²) >= 11 is 0. The number of benzene rings is 1. The van der Waals surface area contributed by atoms with Crippen LogP contribution in [0.25, 0.3) is 0 Å². The maximum absolute atomic E-state index is 12.5. The second-order valence-corrected chi connectivity index (χ2v) is 4.83. The summed E-state index contributed by atoms with van der Waals surface area (Å²) in [7, 11) is 0. The van der Waals surface area contributed by atoms with E-state index in [1.165, 1.54) is 13.0 Å². The third-order valence-corrected chi connectivity index (χ3v) is 3.63. The van der Waals surface area contributed by atoms with Crippen LogP contribution in [0.5, 0.6) is 0 Å². The number of anilines is 1. The van der Waals surface area contributed by atoms with Crippen molar-refractivity contribution in [2.24, 2.45) is 0 Å². The zero-order valence-electron chi connectivity index (χ0n) is 10.8. The molecule has 1 unspecified atom stereocenters. The fraction of sp³-hybridized carbons (Fsp3) is 0.286. The van der Waals surface area contributed by atoms with Crippen LogP contribution in [0.1, 0.15) is 30.1 Å². The maximum Gasteiger partial charge on any atom is 0.263 e. The lowest BCUT2D eigenvalue weighted by Crippen LogP contribution is -2.47. The molecule has 1 aromatic rings. The number of rotatable bonds is 0. The number of hydrogen-bond donors (Lipinski definition) is 0. The van der Waals surface area contributed by atoms with Gasteiger partial charge in [-0.2, -0.15) is 0 Å². The molecule has 102 valence electrons. The highest BCUT2D eigenvalue weighted by molar-refractivity contribution is 6.24. The minimum absolute atomic E-state index is 0.149. The van der Waals surface area contributed by atoms with Crippen LogP contribution >= 0.6 is 0 Å². The summed E-state index contributed by atoms with van der Waals surface area (Å²) in [5, 5.41) is 0. The Bertz CT molecular complexity index is 652. The molecule has 0 aromatic heterocycles. The summed E-state index contributed by atoms with van der Waals surface area (Å²) in [5.74, 6) is -1.85. The van der Waals surface area contributed by atoms with Crippen LogP contribution in [0.3, 0.4) is 0 Å². The molecule has 1 fully saturated rings. The average molecular weight is 272 g/mol. The Morgan fingerprint density at radius 2 is 1.90 bits per heavy atom. The Morgan fingerprint density at radius 1 is 1.20 bits per heavy atom. The van der Waals surface area contributed by atoms with Crippen molar-refractivity contribution in [2.75, 3.05) is 4.90 Å². The van der Waals surface area contributed by atoms with E-state index in [0.29, 0.717) is 0 Å². The smallest absolute Gasteiger partial charge is 0.263 e. The van der Waals surface area contributed by atoms with Gasteiger partial charge in [-0.3, -0.25) is 24.1 Å². The average Bonchev–Trinajstić information content (AvgIpc) is 2.76. The Hall–Kier alpha value is -2.50. The van der Waals surface area contributed by atoms with Gasteiger partial charge in [0.1, 0.15) is 6.04 Å². The molecule has 6 heteroatoms. The topological polar surface area (TPSA) is 74.8 Å². The van der Waals surface area contributed by atoms with E-state index in [-0.39, 0.29) is 30.0 Å². The van der Waals surface area contributed by atoms with Gasteiger partial charge in [0.05, 0.1) is 11.3 Å². The Labute approximate surface area is 115 Å². The second-order valence-electron chi connectivity index (χ2n) is 4.83. The molecule has 0 aliphatic carbocycles. The van der Waals surface area contributed by atoms with Gasteiger partial charge < -0.3 is 0 Å². The van der Waals surface area contributed by atoms with Crippen LogP contribution < -0.4 is 4.90 Å². The van der Waals surface area contributed by atoms with Gasteiger partial charge in [0.15, 0.2) is 0 Å². The van der Waals surface area contributed by atoms with Crippen molar-refractivity contribution >= 4 is 29.3 Å². The molecule has 3 rings (SSSR count). The maximum atomic E-state index is 12.5. The second kappa shape index (κ2) is 4.26. The molecule has 0 spiro atoms. The van der Waals surface area contributed by atoms with Crippen molar-refractivity contribution in [3.8, 4) is 0 Å². The molecule has 2 aliphatic rings. The largest absolute Gasteiger partial charge is 0.274 e. The third-order valence-electron chi connectivity index (χ3n) is 3.63. The van der Waals surface area contributed by atoms with E-state index in [1.807, 2.05) is 0 Å². The van der Waals surface area contributed by atoms with E-state index in [4.69, 9.17) is 0 Å². The number of carbonyl (C=O) groups excluding carboxylic acids is 4. The normalized spacial score (nSPS) is 21.6. The molecular formula is C14H12N2O4. The Kier molecular flexibility index (Phi) is 2.67. The Morgan fingerprint density at radius 3 is 2.60 bits per heavy atom. The highest BCUT2D eigenvalue weighted by atomic mass is 16.2. The predicted molar refractivity (Wildman–Crippen MR) is 68.8 cm³/mol. The third kappa shape index (κ3) is 1.57. The van der Waals surface area contributed by atoms with Crippen LogP contribution in [0.15, 0.2) is 24.3 Å². The molecule has 2 aliphatic heterocycles. The number of para-hydroxylation sites is 1. The minimum Gasteiger partial charge on any atom is -0.274 e. The number of nitrogens with zero attached hydrogens (tertiary/aromatic N) is 2. The highest BCUT2D eigenvalue weighted by Crippen LogP contribution is 2.32. The highest BCUT2D eigenvalue weighted by Gasteiger charge is 2.47. The van der Waals surface area contributed by atoms with Crippen molar-refractivity contribution in [2.45, 2.75) is 25.8 Å². The molecule has 0 radical (unpaired) electrons. The van der Waals surface area contributed by atoms with Crippen molar-refractivity contribution in [1.29, 1.82) is 0 Å².